The van der Waals surface area contributed by atoms with Gasteiger partial charge in [0.05, 0.1) is 11.5 Å². The number of ketones is 1. The molecule has 160 valence electrons. The first-order valence-electron chi connectivity index (χ1n) is 11.8. The zero-order valence-electron chi connectivity index (χ0n) is 18.3. The van der Waals surface area contributed by atoms with Gasteiger partial charge in [0.15, 0.2) is 5.78 Å². The van der Waals surface area contributed by atoms with Gasteiger partial charge in [-0.25, -0.2) is 0 Å². The summed E-state index contributed by atoms with van der Waals surface area (Å²) in [5, 5.41) is 10.5. The number of allylic oxidation sites excluding steroid dienone is 2. The largest absolute Gasteiger partial charge is 0.458 e. The van der Waals surface area contributed by atoms with Gasteiger partial charge in [-0.3, -0.25) is 9.59 Å². The minimum absolute atomic E-state index is 0.0437. The third-order valence-electron chi connectivity index (χ3n) is 11.7. The number of ether oxygens (including phenoxy) is 1. The van der Waals surface area contributed by atoms with Gasteiger partial charge in [-0.1, -0.05) is 20.8 Å². The van der Waals surface area contributed by atoms with Crippen LogP contribution in [0.1, 0.15) is 78.6 Å². The highest BCUT2D eigenvalue weighted by Gasteiger charge is 2.78. The van der Waals surface area contributed by atoms with Crippen molar-refractivity contribution in [2.75, 3.05) is 0 Å². The van der Waals surface area contributed by atoms with E-state index in [4.69, 9.17) is 10.5 Å². The Labute approximate surface area is 178 Å². The van der Waals surface area contributed by atoms with Gasteiger partial charge in [-0.15, -0.1) is 0 Å². The lowest BCUT2D eigenvalue weighted by Crippen LogP contribution is -2.65. The van der Waals surface area contributed by atoms with E-state index in [0.29, 0.717) is 36.7 Å². The number of nitrogens with two attached hydrogens (primary N) is 1. The number of hydrogen-bond acceptors (Lipinski definition) is 5. The first kappa shape index (κ1) is 18.9. The van der Waals surface area contributed by atoms with E-state index in [2.05, 4.69) is 26.8 Å². The highest BCUT2D eigenvalue weighted by Crippen LogP contribution is 2.80. The van der Waals surface area contributed by atoms with Crippen LogP contribution in [0.5, 0.6) is 0 Å². The van der Waals surface area contributed by atoms with Crippen LogP contribution in [0.15, 0.2) is 11.3 Å². The average molecular weight is 409 g/mol. The van der Waals surface area contributed by atoms with E-state index in [1.807, 2.05) is 0 Å². The normalized spacial score (nSPS) is 56.0. The van der Waals surface area contributed by atoms with Crippen LogP contribution < -0.4 is 5.73 Å². The Balaban J connectivity index is 1.54. The minimum atomic E-state index is -0.730. The number of carbonyl (C=O) groups is 2. The number of esters is 1. The van der Waals surface area contributed by atoms with E-state index < -0.39 is 5.41 Å². The highest BCUT2D eigenvalue weighted by molar-refractivity contribution is 6.00. The van der Waals surface area contributed by atoms with Crippen LogP contribution in [-0.2, 0) is 14.3 Å². The Bertz CT molecular complexity index is 979. The average Bonchev–Trinajstić information content (AvgIpc) is 3.33. The number of hydrogen-bond donors (Lipinski definition) is 1. The van der Waals surface area contributed by atoms with Gasteiger partial charge in [0.25, 0.3) is 0 Å². The minimum Gasteiger partial charge on any atom is -0.458 e. The summed E-state index contributed by atoms with van der Waals surface area (Å²) < 4.78 is 6.08. The molecule has 7 unspecified atom stereocenters. The van der Waals surface area contributed by atoms with Crippen molar-refractivity contribution in [3.8, 4) is 6.07 Å². The Hall–Kier alpha value is -1.83. The van der Waals surface area contributed by atoms with Gasteiger partial charge in [-0.2, -0.15) is 5.26 Å². The molecule has 2 N–H and O–H groups in total. The summed E-state index contributed by atoms with van der Waals surface area (Å²) >= 11 is 0. The summed E-state index contributed by atoms with van der Waals surface area (Å²) in [4.78, 5) is 25.1. The van der Waals surface area contributed by atoms with E-state index in [-0.39, 0.29) is 39.5 Å². The fourth-order valence-corrected chi connectivity index (χ4v) is 9.91. The molecule has 1 aliphatic heterocycles. The molecule has 0 amide bonds. The molecule has 5 heteroatoms. The molecule has 5 fully saturated rings. The van der Waals surface area contributed by atoms with Gasteiger partial charge in [0.2, 0.25) is 0 Å². The van der Waals surface area contributed by atoms with Crippen molar-refractivity contribution in [3.63, 3.8) is 0 Å². The Kier molecular flexibility index (Phi) is 3.24. The molecule has 8 atom stereocenters. The topological polar surface area (TPSA) is 93.2 Å². The molecule has 5 nitrogen and oxygen atoms in total. The molecule has 0 aromatic rings. The first-order chi connectivity index (χ1) is 14.1. The third kappa shape index (κ3) is 1.62. The van der Waals surface area contributed by atoms with E-state index in [1.54, 1.807) is 0 Å². The van der Waals surface area contributed by atoms with Crippen molar-refractivity contribution in [3.05, 3.63) is 11.3 Å². The van der Waals surface area contributed by atoms with Crippen molar-refractivity contribution < 1.29 is 14.3 Å². The predicted octanol–water partition coefficient (Wildman–Crippen LogP) is 4.02. The monoisotopic (exact) mass is 408 g/mol. The van der Waals surface area contributed by atoms with E-state index in [1.165, 1.54) is 0 Å². The SMILES string of the molecule is CC12CCC3(C)C(CC[C@@]34CCC(=O)O4)C1C1CC3(C#N)C(=C1N)C(=O)CCC32C. The maximum absolute atomic E-state index is 13.0. The summed E-state index contributed by atoms with van der Waals surface area (Å²) in [6, 6.07) is 2.67. The van der Waals surface area contributed by atoms with Gasteiger partial charge < -0.3 is 10.5 Å². The Morgan fingerprint density at radius 3 is 2.43 bits per heavy atom. The maximum atomic E-state index is 13.0. The van der Waals surface area contributed by atoms with Crippen LogP contribution >= 0.6 is 0 Å². The van der Waals surface area contributed by atoms with Crippen molar-refractivity contribution in [1.82, 2.24) is 0 Å². The zero-order chi connectivity index (χ0) is 21.3. The Morgan fingerprint density at radius 1 is 1.03 bits per heavy atom. The second-order valence-electron chi connectivity index (χ2n) is 11.9. The van der Waals surface area contributed by atoms with Crippen molar-refractivity contribution in [2.24, 2.45) is 45.1 Å². The molecule has 1 heterocycles. The quantitative estimate of drug-likeness (QED) is 0.611. The van der Waals surface area contributed by atoms with Crippen molar-refractivity contribution in [2.45, 2.75) is 84.2 Å². The number of Topliss-reactive ketones (excluding diaryl/α,β-unsaturated/α-hetero) is 1. The molecule has 0 aromatic carbocycles. The number of fused-ring (bicyclic) bond motifs is 7. The van der Waals surface area contributed by atoms with Gasteiger partial charge in [0, 0.05) is 35.4 Å². The summed E-state index contributed by atoms with van der Waals surface area (Å²) in [5.74, 6) is 0.899. The second kappa shape index (κ2) is 5.14. The lowest BCUT2D eigenvalue weighted by Gasteiger charge is -2.68. The van der Waals surface area contributed by atoms with Gasteiger partial charge in [-0.05, 0) is 67.6 Å². The van der Waals surface area contributed by atoms with Crippen LogP contribution in [0.4, 0.5) is 0 Å². The smallest absolute Gasteiger partial charge is 0.306 e. The number of carbonyl (C=O) groups excluding carboxylic acids is 2. The summed E-state index contributed by atoms with van der Waals surface area (Å²) in [7, 11) is 0. The maximum Gasteiger partial charge on any atom is 0.306 e. The molecule has 30 heavy (non-hydrogen) atoms. The number of nitriles is 1. The van der Waals surface area contributed by atoms with Crippen LogP contribution in [0.2, 0.25) is 0 Å². The summed E-state index contributed by atoms with van der Waals surface area (Å²) in [6.07, 6.45) is 7.37. The summed E-state index contributed by atoms with van der Waals surface area (Å²) in [5.41, 5.74) is 6.76. The molecular weight excluding hydrogens is 376 g/mol. The second-order valence-corrected chi connectivity index (χ2v) is 11.9. The van der Waals surface area contributed by atoms with Crippen LogP contribution in [-0.4, -0.2) is 17.4 Å². The zero-order valence-corrected chi connectivity index (χ0v) is 18.3. The molecule has 0 radical (unpaired) electrons. The number of nitrogens with zero attached hydrogens (tertiary/aromatic N) is 1. The van der Waals surface area contributed by atoms with E-state index in [9.17, 15) is 14.9 Å². The van der Waals surface area contributed by atoms with E-state index in [0.717, 1.165) is 44.2 Å². The number of rotatable bonds is 0. The first-order valence-corrected chi connectivity index (χ1v) is 11.8. The highest BCUT2D eigenvalue weighted by atomic mass is 16.6. The molecule has 1 spiro atoms. The van der Waals surface area contributed by atoms with Crippen LogP contribution in [0.25, 0.3) is 0 Å². The molecule has 2 bridgehead atoms. The molecule has 1 saturated heterocycles. The fourth-order valence-electron chi connectivity index (χ4n) is 9.91. The molecule has 6 aliphatic rings. The third-order valence-corrected chi connectivity index (χ3v) is 11.7. The molecular formula is C25H32N2O3. The predicted molar refractivity (Wildman–Crippen MR) is 109 cm³/mol. The lowest BCUT2D eigenvalue weighted by atomic mass is 9.34. The van der Waals surface area contributed by atoms with Crippen molar-refractivity contribution >= 4 is 11.8 Å². The molecule has 6 rings (SSSR count). The standard InChI is InChI=1S/C25H32N2O3/c1-21-10-11-22(2)18(15(21)4-8-25(21)9-6-17(29)30-25)14-12-24(13-26)19(20(14)27)16(28)5-7-23(22,24)3/h14-15,18H,4-12,27H2,1-3H3/t14?,15?,18?,21?,22?,23?,24?,25-/m1/s1. The van der Waals surface area contributed by atoms with Gasteiger partial charge >= 0.3 is 5.97 Å². The lowest BCUT2D eigenvalue weighted by molar-refractivity contribution is -0.210. The molecule has 5 aliphatic carbocycles. The van der Waals surface area contributed by atoms with Gasteiger partial charge in [0.1, 0.15) is 5.60 Å². The molecule has 4 saturated carbocycles. The van der Waals surface area contributed by atoms with E-state index >= 15 is 0 Å². The van der Waals surface area contributed by atoms with Crippen molar-refractivity contribution in [1.29, 1.82) is 5.26 Å². The summed E-state index contributed by atoms with van der Waals surface area (Å²) in [6.45, 7) is 7.04. The van der Waals surface area contributed by atoms with Crippen LogP contribution in [0.3, 0.4) is 0 Å². The van der Waals surface area contributed by atoms with Crippen LogP contribution in [0, 0.1) is 50.7 Å². The molecule has 0 aromatic heterocycles. The fraction of sp³-hybridized carbons (Fsp3) is 0.800. The Morgan fingerprint density at radius 2 is 1.77 bits per heavy atom.